The van der Waals surface area contributed by atoms with Crippen LogP contribution in [0.25, 0.3) is 11.6 Å². The highest BCUT2D eigenvalue weighted by Crippen LogP contribution is 2.55. The smallest absolute Gasteiger partial charge is 0.206 e. The first-order valence-electron chi connectivity index (χ1n) is 8.22. The summed E-state index contributed by atoms with van der Waals surface area (Å²) in [4.78, 5) is 17.0. The molecule has 1 fully saturated rings. The van der Waals surface area contributed by atoms with Crippen LogP contribution in [0.15, 0.2) is 43.0 Å². The molecule has 2 atom stereocenters. The van der Waals surface area contributed by atoms with E-state index < -0.39 is 5.82 Å². The first-order valence-corrected chi connectivity index (χ1v) is 8.22. The standard InChI is InChI=1S/C19H17FN4O2/c1-25-15-6-11(7-16(26-2)17(15)20)13-8-14(13)12-9-23-19(24-10-12)18-21-4-3-5-22-18/h3-7,9-10,13-14H,8H2,1-2H3. The second-order valence-electron chi connectivity index (χ2n) is 6.10. The highest BCUT2D eigenvalue weighted by molar-refractivity contribution is 5.47. The van der Waals surface area contributed by atoms with Crippen LogP contribution in [-0.2, 0) is 0 Å². The Hall–Kier alpha value is -3.09. The first-order chi connectivity index (χ1) is 12.7. The monoisotopic (exact) mass is 352 g/mol. The van der Waals surface area contributed by atoms with Crippen LogP contribution in [0, 0.1) is 5.82 Å². The molecule has 3 aromatic rings. The average Bonchev–Trinajstić information content (AvgIpc) is 3.50. The van der Waals surface area contributed by atoms with Crippen molar-refractivity contribution in [1.82, 2.24) is 19.9 Å². The van der Waals surface area contributed by atoms with E-state index in [9.17, 15) is 4.39 Å². The lowest BCUT2D eigenvalue weighted by atomic mass is 10.1. The summed E-state index contributed by atoms with van der Waals surface area (Å²) in [5.41, 5.74) is 2.03. The van der Waals surface area contributed by atoms with Crippen molar-refractivity contribution in [3.63, 3.8) is 0 Å². The molecule has 2 unspecified atom stereocenters. The van der Waals surface area contributed by atoms with Gasteiger partial charge in [0.15, 0.2) is 23.1 Å². The van der Waals surface area contributed by atoms with Crippen molar-refractivity contribution in [2.75, 3.05) is 14.2 Å². The van der Waals surface area contributed by atoms with E-state index in [1.807, 2.05) is 0 Å². The highest BCUT2D eigenvalue weighted by atomic mass is 19.1. The number of aromatic nitrogens is 4. The van der Waals surface area contributed by atoms with Gasteiger partial charge in [0, 0.05) is 24.8 Å². The fourth-order valence-electron chi connectivity index (χ4n) is 3.10. The van der Waals surface area contributed by atoms with Crippen molar-refractivity contribution >= 4 is 0 Å². The summed E-state index contributed by atoms with van der Waals surface area (Å²) in [6.07, 6.45) is 7.88. The van der Waals surface area contributed by atoms with Crippen LogP contribution in [-0.4, -0.2) is 34.2 Å². The van der Waals surface area contributed by atoms with Crippen LogP contribution >= 0.6 is 0 Å². The fraction of sp³-hybridized carbons (Fsp3) is 0.263. The minimum absolute atomic E-state index is 0.192. The van der Waals surface area contributed by atoms with E-state index in [0.717, 1.165) is 17.5 Å². The predicted molar refractivity (Wildman–Crippen MR) is 92.7 cm³/mol. The number of halogens is 1. The highest BCUT2D eigenvalue weighted by Gasteiger charge is 2.41. The van der Waals surface area contributed by atoms with Gasteiger partial charge in [-0.1, -0.05) is 0 Å². The quantitative estimate of drug-likeness (QED) is 0.701. The molecule has 4 rings (SSSR count). The van der Waals surface area contributed by atoms with Gasteiger partial charge in [0.25, 0.3) is 0 Å². The van der Waals surface area contributed by atoms with Crippen molar-refractivity contribution in [3.8, 4) is 23.1 Å². The molecule has 0 N–H and O–H groups in total. The maximum absolute atomic E-state index is 14.1. The molecule has 26 heavy (non-hydrogen) atoms. The van der Waals surface area contributed by atoms with E-state index >= 15 is 0 Å². The van der Waals surface area contributed by atoms with Crippen LogP contribution in [0.2, 0.25) is 0 Å². The number of hydrogen-bond acceptors (Lipinski definition) is 6. The lowest BCUT2D eigenvalue weighted by Crippen LogP contribution is -1.97. The van der Waals surface area contributed by atoms with Crippen molar-refractivity contribution in [1.29, 1.82) is 0 Å². The number of rotatable bonds is 5. The molecular weight excluding hydrogens is 335 g/mol. The Labute approximate surface area is 150 Å². The third-order valence-electron chi connectivity index (χ3n) is 4.55. The molecule has 132 valence electrons. The van der Waals surface area contributed by atoms with Crippen LogP contribution in [0.3, 0.4) is 0 Å². The van der Waals surface area contributed by atoms with Gasteiger partial charge in [-0.2, -0.15) is 4.39 Å². The Bertz CT molecular complexity index is 894. The van der Waals surface area contributed by atoms with Gasteiger partial charge in [-0.05, 0) is 47.6 Å². The normalized spacial score (nSPS) is 18.4. The Balaban J connectivity index is 1.55. The molecule has 2 aromatic heterocycles. The summed E-state index contributed by atoms with van der Waals surface area (Å²) in [6.45, 7) is 0. The van der Waals surface area contributed by atoms with Crippen LogP contribution in [0.5, 0.6) is 11.5 Å². The zero-order chi connectivity index (χ0) is 18.1. The van der Waals surface area contributed by atoms with Gasteiger partial charge in [0.2, 0.25) is 5.82 Å². The average molecular weight is 352 g/mol. The summed E-state index contributed by atoms with van der Waals surface area (Å²) in [5.74, 6) is 1.46. The van der Waals surface area contributed by atoms with Crippen molar-refractivity contribution in [2.45, 2.75) is 18.3 Å². The molecule has 0 saturated heterocycles. The Morgan fingerprint density at radius 2 is 1.38 bits per heavy atom. The molecule has 1 saturated carbocycles. The van der Waals surface area contributed by atoms with Gasteiger partial charge < -0.3 is 9.47 Å². The number of benzene rings is 1. The molecular formula is C19H17FN4O2. The molecule has 0 amide bonds. The van der Waals surface area contributed by atoms with Gasteiger partial charge in [-0.15, -0.1) is 0 Å². The Morgan fingerprint density at radius 3 is 1.96 bits per heavy atom. The van der Waals surface area contributed by atoms with Gasteiger partial charge in [-0.3, -0.25) is 0 Å². The summed E-state index contributed by atoms with van der Waals surface area (Å²) in [7, 11) is 2.90. The maximum atomic E-state index is 14.1. The molecule has 1 aliphatic carbocycles. The minimum atomic E-state index is -0.480. The summed E-state index contributed by atoms with van der Waals surface area (Å²) < 4.78 is 24.3. The maximum Gasteiger partial charge on any atom is 0.206 e. The fourth-order valence-corrected chi connectivity index (χ4v) is 3.10. The Kier molecular flexibility index (Phi) is 4.20. The van der Waals surface area contributed by atoms with E-state index in [1.54, 1.807) is 43.0 Å². The molecule has 2 heterocycles. The largest absolute Gasteiger partial charge is 0.494 e. The third kappa shape index (κ3) is 2.96. The van der Waals surface area contributed by atoms with Crippen LogP contribution in [0.1, 0.15) is 29.4 Å². The molecule has 7 heteroatoms. The molecule has 0 spiro atoms. The van der Waals surface area contributed by atoms with E-state index in [-0.39, 0.29) is 17.4 Å². The molecule has 1 aliphatic rings. The molecule has 6 nitrogen and oxygen atoms in total. The van der Waals surface area contributed by atoms with Crippen molar-refractivity contribution in [3.05, 3.63) is 59.9 Å². The zero-order valence-corrected chi connectivity index (χ0v) is 14.4. The number of ether oxygens (including phenoxy) is 2. The summed E-state index contributed by atoms with van der Waals surface area (Å²) in [6, 6.07) is 5.21. The second-order valence-corrected chi connectivity index (χ2v) is 6.10. The van der Waals surface area contributed by atoms with Gasteiger partial charge in [0.05, 0.1) is 14.2 Å². The Morgan fingerprint density at radius 1 is 0.846 bits per heavy atom. The number of methoxy groups -OCH3 is 2. The van der Waals surface area contributed by atoms with E-state index in [4.69, 9.17) is 9.47 Å². The van der Waals surface area contributed by atoms with E-state index in [1.165, 1.54) is 14.2 Å². The van der Waals surface area contributed by atoms with Gasteiger partial charge in [0.1, 0.15) is 0 Å². The summed E-state index contributed by atoms with van der Waals surface area (Å²) >= 11 is 0. The summed E-state index contributed by atoms with van der Waals surface area (Å²) in [5, 5.41) is 0. The molecule has 0 aliphatic heterocycles. The zero-order valence-electron chi connectivity index (χ0n) is 14.4. The van der Waals surface area contributed by atoms with Gasteiger partial charge in [-0.25, -0.2) is 19.9 Å². The molecule has 1 aromatic carbocycles. The van der Waals surface area contributed by atoms with Crippen LogP contribution in [0.4, 0.5) is 4.39 Å². The van der Waals surface area contributed by atoms with Gasteiger partial charge >= 0.3 is 0 Å². The topological polar surface area (TPSA) is 70.0 Å². The SMILES string of the molecule is COc1cc(C2CC2c2cnc(-c3ncccn3)nc2)cc(OC)c1F. The third-order valence-corrected chi connectivity index (χ3v) is 4.55. The van der Waals surface area contributed by atoms with Crippen LogP contribution < -0.4 is 9.47 Å². The lowest BCUT2D eigenvalue weighted by Gasteiger charge is -2.10. The number of nitrogens with zero attached hydrogens (tertiary/aromatic N) is 4. The minimum Gasteiger partial charge on any atom is -0.494 e. The molecule has 0 radical (unpaired) electrons. The lowest BCUT2D eigenvalue weighted by molar-refractivity contribution is 0.349. The van der Waals surface area contributed by atoms with E-state index in [0.29, 0.717) is 17.6 Å². The predicted octanol–water partition coefficient (Wildman–Crippen LogP) is 3.36. The van der Waals surface area contributed by atoms with E-state index in [2.05, 4.69) is 19.9 Å². The van der Waals surface area contributed by atoms with Crippen molar-refractivity contribution in [2.24, 2.45) is 0 Å². The molecule has 0 bridgehead atoms. The second kappa shape index (κ2) is 6.67. The first kappa shape index (κ1) is 16.4. The number of hydrogen-bond donors (Lipinski definition) is 0. The van der Waals surface area contributed by atoms with Crippen molar-refractivity contribution < 1.29 is 13.9 Å².